The predicted molar refractivity (Wildman–Crippen MR) is 117 cm³/mol. The van der Waals surface area contributed by atoms with E-state index in [0.717, 1.165) is 23.4 Å². The van der Waals surface area contributed by atoms with E-state index in [9.17, 15) is 22.8 Å². The second kappa shape index (κ2) is 9.88. The summed E-state index contributed by atoms with van der Waals surface area (Å²) in [5, 5.41) is 1.72. The highest BCUT2D eigenvalue weighted by molar-refractivity contribution is 8.24. The molecule has 32 heavy (non-hydrogen) atoms. The number of nitrogens with two attached hydrogens (primary N) is 1. The van der Waals surface area contributed by atoms with Crippen LogP contribution in [0.15, 0.2) is 42.5 Å². The lowest BCUT2D eigenvalue weighted by atomic mass is 10.0. The highest BCUT2D eigenvalue weighted by Crippen LogP contribution is 2.37. The number of amides is 1. The summed E-state index contributed by atoms with van der Waals surface area (Å²) in [6.45, 7) is 0. The molecule has 2 aromatic carbocycles. The Kier molecular flexibility index (Phi) is 7.42. The first-order valence-corrected chi connectivity index (χ1v) is 10.7. The summed E-state index contributed by atoms with van der Waals surface area (Å²) in [5.74, 6) is -0.627. The van der Waals surface area contributed by atoms with Crippen molar-refractivity contribution >= 4 is 40.2 Å². The lowest BCUT2D eigenvalue weighted by molar-refractivity contribution is -0.142. The summed E-state index contributed by atoms with van der Waals surface area (Å²) in [5.41, 5.74) is 5.57. The predicted octanol–water partition coefficient (Wildman–Crippen LogP) is 3.60. The molecule has 170 valence electrons. The smallest absolute Gasteiger partial charge is 0.416 e. The van der Waals surface area contributed by atoms with Gasteiger partial charge in [0.2, 0.25) is 5.91 Å². The molecule has 1 fully saturated rings. The van der Waals surface area contributed by atoms with Gasteiger partial charge in [-0.3, -0.25) is 9.59 Å². The highest BCUT2D eigenvalue weighted by Gasteiger charge is 2.37. The van der Waals surface area contributed by atoms with Crippen LogP contribution >= 0.6 is 24.0 Å². The van der Waals surface area contributed by atoms with Crippen LogP contribution in [0.5, 0.6) is 11.5 Å². The van der Waals surface area contributed by atoms with Gasteiger partial charge in [0.05, 0.1) is 17.9 Å². The number of carbonyl (C=O) groups is 2. The highest BCUT2D eigenvalue weighted by atomic mass is 32.2. The average molecular weight is 485 g/mol. The summed E-state index contributed by atoms with van der Waals surface area (Å²) in [7, 11) is 1.25. The van der Waals surface area contributed by atoms with Crippen molar-refractivity contribution in [2.45, 2.75) is 30.3 Å². The molecule has 3 rings (SSSR count). The fourth-order valence-corrected chi connectivity index (χ4v) is 4.40. The van der Waals surface area contributed by atoms with Crippen molar-refractivity contribution in [1.29, 1.82) is 0 Å². The molecule has 0 aliphatic carbocycles. The van der Waals surface area contributed by atoms with Crippen LogP contribution < -0.4 is 15.8 Å². The molecule has 3 N–H and O–H groups in total. The van der Waals surface area contributed by atoms with Crippen LogP contribution in [0, 0.1) is 0 Å². The van der Waals surface area contributed by atoms with Crippen LogP contribution in [-0.2, 0) is 33.3 Å². The van der Waals surface area contributed by atoms with Crippen LogP contribution in [0.1, 0.15) is 16.7 Å². The van der Waals surface area contributed by atoms with Crippen LogP contribution in [0.3, 0.4) is 0 Å². The maximum Gasteiger partial charge on any atom is 0.416 e. The number of alkyl halides is 3. The van der Waals surface area contributed by atoms with Gasteiger partial charge in [-0.2, -0.15) is 13.2 Å². The number of halogens is 3. The molecular formula is C21H19F3N2O4S2. The Balaban J connectivity index is 1.75. The van der Waals surface area contributed by atoms with Crippen molar-refractivity contribution in [3.8, 4) is 11.5 Å². The van der Waals surface area contributed by atoms with Crippen molar-refractivity contribution < 1.29 is 32.2 Å². The molecule has 11 heteroatoms. The van der Waals surface area contributed by atoms with E-state index < -0.39 is 34.9 Å². The number of thioether (sulfide) groups is 1. The molecule has 0 aromatic heterocycles. The number of thiocarbonyl (C=S) groups is 1. The maximum atomic E-state index is 13.6. The molecule has 0 spiro atoms. The van der Waals surface area contributed by atoms with E-state index in [2.05, 4.69) is 10.1 Å². The minimum atomic E-state index is -4.62. The van der Waals surface area contributed by atoms with E-state index in [0.29, 0.717) is 5.75 Å². The molecule has 1 saturated heterocycles. The van der Waals surface area contributed by atoms with Crippen LogP contribution in [0.2, 0.25) is 0 Å². The van der Waals surface area contributed by atoms with Crippen molar-refractivity contribution in [1.82, 2.24) is 5.32 Å². The van der Waals surface area contributed by atoms with Crippen LogP contribution in [-0.4, -0.2) is 34.6 Å². The van der Waals surface area contributed by atoms with Gasteiger partial charge in [0.25, 0.3) is 0 Å². The molecule has 1 aliphatic rings. The molecule has 6 nitrogen and oxygen atoms in total. The first-order valence-electron chi connectivity index (χ1n) is 9.38. The van der Waals surface area contributed by atoms with Gasteiger partial charge in [-0.1, -0.05) is 42.2 Å². The molecule has 0 radical (unpaired) electrons. The number of esters is 1. The number of ether oxygens (including phenoxy) is 2. The van der Waals surface area contributed by atoms with E-state index in [1.807, 2.05) is 0 Å². The third kappa shape index (κ3) is 5.99. The zero-order valence-electron chi connectivity index (χ0n) is 16.8. The summed E-state index contributed by atoms with van der Waals surface area (Å²) in [4.78, 5) is 23.3. The zero-order chi connectivity index (χ0) is 23.5. The van der Waals surface area contributed by atoms with E-state index in [-0.39, 0.29) is 28.5 Å². The molecule has 2 aromatic rings. The molecule has 1 amide bonds. The lowest BCUT2D eigenvalue weighted by Crippen LogP contribution is -2.33. The Bertz CT molecular complexity index is 1030. The van der Waals surface area contributed by atoms with Gasteiger partial charge in [0, 0.05) is 0 Å². The standard InChI is InChI=1S/C21H19F3N2O4S2/c1-29-19(28)16(25)8-11-2-5-13(6-3-11)30-14-7-4-12(15(10-14)21(22,23)24)9-17-18(27)26-20(31)32-17/h2-7,10,16-17H,8-9,25H2,1H3,(H,26,27,31)/t16-,17?/m0/s1. The van der Waals surface area contributed by atoms with Gasteiger partial charge in [-0.05, 0) is 48.2 Å². The number of nitrogens with one attached hydrogen (secondary N) is 1. The summed E-state index contributed by atoms with van der Waals surface area (Å²) in [6.07, 6.45) is -4.49. The summed E-state index contributed by atoms with van der Waals surface area (Å²) in [6, 6.07) is 9.28. The van der Waals surface area contributed by atoms with Crippen molar-refractivity contribution in [3.63, 3.8) is 0 Å². The number of methoxy groups -OCH3 is 1. The SMILES string of the molecule is COC(=O)[C@@H](N)Cc1ccc(Oc2ccc(CC3SC(=S)NC3=O)c(C(F)(F)F)c2)cc1. The first-order chi connectivity index (χ1) is 15.1. The number of benzene rings is 2. The third-order valence-corrected chi connectivity index (χ3v) is 6.05. The number of carbonyl (C=O) groups excluding carboxylic acids is 2. The van der Waals surface area contributed by atoms with E-state index in [4.69, 9.17) is 22.7 Å². The zero-order valence-corrected chi connectivity index (χ0v) is 18.4. The Morgan fingerprint density at radius 1 is 1.22 bits per heavy atom. The van der Waals surface area contributed by atoms with E-state index in [1.165, 1.54) is 19.2 Å². The van der Waals surface area contributed by atoms with Crippen LogP contribution in [0.25, 0.3) is 0 Å². The van der Waals surface area contributed by atoms with Gasteiger partial charge in [-0.25, -0.2) is 0 Å². The summed E-state index contributed by atoms with van der Waals surface area (Å²) < 4.78 is 51.3. The van der Waals surface area contributed by atoms with E-state index in [1.54, 1.807) is 24.3 Å². The number of hydrogen-bond donors (Lipinski definition) is 2. The molecule has 0 bridgehead atoms. The third-order valence-electron chi connectivity index (χ3n) is 4.68. The quantitative estimate of drug-likeness (QED) is 0.458. The molecular weight excluding hydrogens is 465 g/mol. The monoisotopic (exact) mass is 484 g/mol. The van der Waals surface area contributed by atoms with E-state index >= 15 is 0 Å². The number of hydrogen-bond acceptors (Lipinski definition) is 7. The average Bonchev–Trinajstić information content (AvgIpc) is 3.05. The topological polar surface area (TPSA) is 90.7 Å². The number of rotatable bonds is 7. The first kappa shape index (κ1) is 24.0. The molecule has 1 heterocycles. The van der Waals surface area contributed by atoms with Gasteiger partial charge < -0.3 is 20.5 Å². The minimum absolute atomic E-state index is 0.000801. The van der Waals surface area contributed by atoms with Gasteiger partial charge in [0.1, 0.15) is 21.9 Å². The van der Waals surface area contributed by atoms with Crippen molar-refractivity contribution in [2.75, 3.05) is 7.11 Å². The molecule has 2 atom stereocenters. The Labute approximate surface area is 191 Å². The summed E-state index contributed by atoms with van der Waals surface area (Å²) >= 11 is 5.94. The van der Waals surface area contributed by atoms with Gasteiger partial charge in [0.15, 0.2) is 0 Å². The fraction of sp³-hybridized carbons (Fsp3) is 0.286. The minimum Gasteiger partial charge on any atom is -0.468 e. The Hall–Kier alpha value is -2.63. The second-order valence-electron chi connectivity index (χ2n) is 6.98. The second-order valence-corrected chi connectivity index (χ2v) is 8.86. The normalized spacial score (nSPS) is 17.1. The lowest BCUT2D eigenvalue weighted by Gasteiger charge is -2.16. The molecule has 1 unspecified atom stereocenters. The van der Waals surface area contributed by atoms with Crippen LogP contribution in [0.4, 0.5) is 13.2 Å². The van der Waals surface area contributed by atoms with Crippen molar-refractivity contribution in [2.24, 2.45) is 5.73 Å². The molecule has 1 aliphatic heterocycles. The van der Waals surface area contributed by atoms with Crippen molar-refractivity contribution in [3.05, 3.63) is 59.2 Å². The maximum absolute atomic E-state index is 13.6. The molecule has 0 saturated carbocycles. The van der Waals surface area contributed by atoms with Gasteiger partial charge >= 0.3 is 12.1 Å². The van der Waals surface area contributed by atoms with Gasteiger partial charge in [-0.15, -0.1) is 0 Å². The largest absolute Gasteiger partial charge is 0.468 e. The Morgan fingerprint density at radius 3 is 2.44 bits per heavy atom. The Morgan fingerprint density at radius 2 is 1.88 bits per heavy atom. The fourth-order valence-electron chi connectivity index (χ4n) is 3.11.